The molecule has 0 fully saturated rings. The molecule has 0 radical (unpaired) electrons. The van der Waals surface area contributed by atoms with Gasteiger partial charge in [0.15, 0.2) is 0 Å². The normalized spacial score (nSPS) is 11.0. The predicted molar refractivity (Wildman–Crippen MR) is 87.5 cm³/mol. The molecule has 1 aromatic heterocycles. The maximum atomic E-state index is 6.16. The summed E-state index contributed by atoms with van der Waals surface area (Å²) in [6.45, 7) is 6.81. The predicted octanol–water partition coefficient (Wildman–Crippen LogP) is 4.99. The second-order valence-corrected chi connectivity index (χ2v) is 6.00. The lowest BCUT2D eigenvalue weighted by Crippen LogP contribution is -2.22. The summed E-state index contributed by atoms with van der Waals surface area (Å²) in [5, 5.41) is 4.50. The van der Waals surface area contributed by atoms with Crippen molar-refractivity contribution in [3.05, 3.63) is 51.6 Å². The van der Waals surface area contributed by atoms with Crippen LogP contribution in [0, 0.1) is 6.92 Å². The first-order chi connectivity index (χ1) is 9.95. The van der Waals surface area contributed by atoms with Crippen molar-refractivity contribution in [1.82, 2.24) is 10.3 Å². The third kappa shape index (κ3) is 4.60. The summed E-state index contributed by atoms with van der Waals surface area (Å²) in [6.07, 6.45) is 1.59. The molecule has 0 unspecified atom stereocenters. The summed E-state index contributed by atoms with van der Waals surface area (Å²) in [5.41, 5.74) is 2.02. The van der Waals surface area contributed by atoms with E-state index in [1.54, 1.807) is 6.20 Å². The quantitative estimate of drug-likeness (QED) is 0.841. The van der Waals surface area contributed by atoms with E-state index in [4.69, 9.17) is 27.9 Å². The number of aromatic nitrogens is 1. The van der Waals surface area contributed by atoms with Crippen LogP contribution < -0.4 is 10.1 Å². The molecular formula is C16H18Cl2N2O. The lowest BCUT2D eigenvalue weighted by Gasteiger charge is -2.12. The third-order valence-electron chi connectivity index (χ3n) is 2.91. The molecule has 5 heteroatoms. The molecule has 0 bridgehead atoms. The van der Waals surface area contributed by atoms with E-state index in [2.05, 4.69) is 24.1 Å². The number of halogens is 2. The minimum absolute atomic E-state index is 0.380. The highest BCUT2D eigenvalue weighted by Crippen LogP contribution is 2.30. The van der Waals surface area contributed by atoms with Gasteiger partial charge in [-0.2, -0.15) is 0 Å². The fraction of sp³-hybridized carbons (Fsp3) is 0.312. The van der Waals surface area contributed by atoms with E-state index in [0.29, 0.717) is 34.3 Å². The average Bonchev–Trinajstić information content (AvgIpc) is 2.42. The van der Waals surface area contributed by atoms with Gasteiger partial charge >= 0.3 is 0 Å². The maximum absolute atomic E-state index is 6.16. The van der Waals surface area contributed by atoms with Gasteiger partial charge in [-0.25, -0.2) is 4.98 Å². The van der Waals surface area contributed by atoms with Gasteiger partial charge in [0.25, 0.3) is 0 Å². The Balaban J connectivity index is 2.18. The van der Waals surface area contributed by atoms with Crippen molar-refractivity contribution < 1.29 is 4.74 Å². The number of aryl methyl sites for hydroxylation is 1. The van der Waals surface area contributed by atoms with Gasteiger partial charge in [0, 0.05) is 24.8 Å². The molecule has 2 aromatic rings. The fourth-order valence-corrected chi connectivity index (χ4v) is 2.21. The minimum atomic E-state index is 0.380. The van der Waals surface area contributed by atoms with E-state index in [-0.39, 0.29) is 0 Å². The van der Waals surface area contributed by atoms with Crippen LogP contribution >= 0.6 is 23.2 Å². The van der Waals surface area contributed by atoms with Gasteiger partial charge in [-0.05, 0) is 30.2 Å². The number of nitrogens with zero attached hydrogens (tertiary/aromatic N) is 1. The highest BCUT2D eigenvalue weighted by atomic mass is 35.5. The summed E-state index contributed by atoms with van der Waals surface area (Å²) < 4.78 is 5.74. The summed E-state index contributed by atoms with van der Waals surface area (Å²) in [5.74, 6) is 1.06. The highest BCUT2D eigenvalue weighted by molar-refractivity contribution is 6.32. The number of benzene rings is 1. The van der Waals surface area contributed by atoms with Gasteiger partial charge in [-0.3, -0.25) is 0 Å². The number of hydrogen-bond donors (Lipinski definition) is 1. The maximum Gasteiger partial charge on any atom is 0.219 e. The number of rotatable bonds is 5. The molecule has 3 nitrogen and oxygen atoms in total. The van der Waals surface area contributed by atoms with Crippen LogP contribution in [-0.2, 0) is 6.54 Å². The zero-order valence-electron chi connectivity index (χ0n) is 12.3. The van der Waals surface area contributed by atoms with Crippen LogP contribution in [0.3, 0.4) is 0 Å². The molecule has 21 heavy (non-hydrogen) atoms. The molecule has 0 aliphatic rings. The molecule has 0 spiro atoms. The second-order valence-electron chi connectivity index (χ2n) is 5.19. The number of nitrogens with one attached hydrogen (secondary N) is 1. The van der Waals surface area contributed by atoms with Gasteiger partial charge in [0.2, 0.25) is 5.88 Å². The molecule has 0 aliphatic heterocycles. The molecule has 1 N–H and O–H groups in total. The van der Waals surface area contributed by atoms with E-state index in [9.17, 15) is 0 Å². The first kappa shape index (κ1) is 16.1. The van der Waals surface area contributed by atoms with Crippen LogP contribution in [0.5, 0.6) is 11.6 Å². The first-order valence-electron chi connectivity index (χ1n) is 6.77. The lowest BCUT2D eigenvalue weighted by molar-refractivity contribution is 0.461. The smallest absolute Gasteiger partial charge is 0.219 e. The Hall–Kier alpha value is -1.29. The van der Waals surface area contributed by atoms with E-state index < -0.39 is 0 Å². The summed E-state index contributed by atoms with van der Waals surface area (Å²) in [4.78, 5) is 4.18. The largest absolute Gasteiger partial charge is 0.437 e. The topological polar surface area (TPSA) is 34.1 Å². The van der Waals surface area contributed by atoms with Crippen molar-refractivity contribution in [2.75, 3.05) is 0 Å². The minimum Gasteiger partial charge on any atom is -0.437 e. The molecule has 2 rings (SSSR count). The van der Waals surface area contributed by atoms with E-state index in [0.717, 1.165) is 11.1 Å². The van der Waals surface area contributed by atoms with Crippen molar-refractivity contribution in [1.29, 1.82) is 0 Å². The van der Waals surface area contributed by atoms with Crippen LogP contribution in [0.15, 0.2) is 30.5 Å². The Kier molecular flexibility index (Phi) is 5.45. The van der Waals surface area contributed by atoms with Crippen LogP contribution in [0.25, 0.3) is 0 Å². The Morgan fingerprint density at radius 3 is 2.62 bits per heavy atom. The van der Waals surface area contributed by atoms with Crippen LogP contribution in [0.2, 0.25) is 10.0 Å². The van der Waals surface area contributed by atoms with Crippen LogP contribution in [0.1, 0.15) is 25.0 Å². The molecule has 1 aromatic carbocycles. The zero-order valence-corrected chi connectivity index (χ0v) is 13.8. The van der Waals surface area contributed by atoms with E-state index in [1.165, 1.54) is 0 Å². The zero-order chi connectivity index (χ0) is 15.4. The van der Waals surface area contributed by atoms with Gasteiger partial charge in [-0.1, -0.05) is 43.1 Å². The highest BCUT2D eigenvalue weighted by Gasteiger charge is 2.08. The number of pyridine rings is 1. The second kappa shape index (κ2) is 7.12. The van der Waals surface area contributed by atoms with Crippen molar-refractivity contribution in [3.63, 3.8) is 0 Å². The first-order valence-corrected chi connectivity index (χ1v) is 7.53. The molecule has 0 amide bonds. The van der Waals surface area contributed by atoms with Gasteiger partial charge in [-0.15, -0.1) is 0 Å². The SMILES string of the molecule is Cc1ccc(Oc2cc(CNC(C)C)c(Cl)cn2)c(Cl)c1. The Morgan fingerprint density at radius 1 is 1.19 bits per heavy atom. The molecule has 112 valence electrons. The summed E-state index contributed by atoms with van der Waals surface area (Å²) in [7, 11) is 0. The van der Waals surface area contributed by atoms with E-state index in [1.807, 2.05) is 31.2 Å². The Labute approximate surface area is 135 Å². The standard InChI is InChI=1S/C16H18Cl2N2O/c1-10(2)19-8-12-7-16(20-9-14(12)18)21-15-5-4-11(3)6-13(15)17/h4-7,9-10,19H,8H2,1-3H3. The fourth-order valence-electron chi connectivity index (χ4n) is 1.77. The monoisotopic (exact) mass is 324 g/mol. The summed E-state index contributed by atoms with van der Waals surface area (Å²) in [6, 6.07) is 7.84. The molecule has 0 atom stereocenters. The van der Waals surface area contributed by atoms with Crippen LogP contribution in [-0.4, -0.2) is 11.0 Å². The van der Waals surface area contributed by atoms with Crippen molar-refractivity contribution in [2.24, 2.45) is 0 Å². The Morgan fingerprint density at radius 2 is 1.95 bits per heavy atom. The lowest BCUT2D eigenvalue weighted by atomic mass is 10.2. The average molecular weight is 325 g/mol. The molecule has 0 saturated carbocycles. The van der Waals surface area contributed by atoms with Crippen LogP contribution in [0.4, 0.5) is 0 Å². The third-order valence-corrected chi connectivity index (χ3v) is 3.55. The van der Waals surface area contributed by atoms with Crippen molar-refractivity contribution >= 4 is 23.2 Å². The van der Waals surface area contributed by atoms with Gasteiger partial charge < -0.3 is 10.1 Å². The molecule has 1 heterocycles. The molecule has 0 saturated heterocycles. The molecular weight excluding hydrogens is 307 g/mol. The van der Waals surface area contributed by atoms with Gasteiger partial charge in [0.05, 0.1) is 10.0 Å². The summed E-state index contributed by atoms with van der Waals surface area (Å²) >= 11 is 12.3. The number of hydrogen-bond acceptors (Lipinski definition) is 3. The molecule has 0 aliphatic carbocycles. The van der Waals surface area contributed by atoms with E-state index >= 15 is 0 Å². The number of ether oxygens (including phenoxy) is 1. The van der Waals surface area contributed by atoms with Gasteiger partial charge in [0.1, 0.15) is 5.75 Å². The Bertz CT molecular complexity index is 630. The van der Waals surface area contributed by atoms with Crippen molar-refractivity contribution in [3.8, 4) is 11.6 Å². The van der Waals surface area contributed by atoms with Crippen molar-refractivity contribution in [2.45, 2.75) is 33.4 Å².